The summed E-state index contributed by atoms with van der Waals surface area (Å²) in [5, 5.41) is 5.09. The van der Waals surface area contributed by atoms with E-state index in [4.69, 9.17) is 0 Å². The Morgan fingerprint density at radius 3 is 1.53 bits per heavy atom. The molecule has 9 aromatic rings. The molecule has 0 atom stereocenters. The minimum absolute atomic E-state index is 0.0571. The van der Waals surface area contributed by atoms with Gasteiger partial charge in [-0.1, -0.05) is 123 Å². The molecule has 0 N–H and O–H groups in total. The molecule has 0 amide bonds. The Hall–Kier alpha value is -5.86. The molecule has 2 aromatic heterocycles. The Morgan fingerprint density at radius 1 is 0.362 bits per heavy atom. The van der Waals surface area contributed by atoms with Crippen LogP contribution in [0.4, 0.5) is 0 Å². The molecule has 47 heavy (non-hydrogen) atoms. The molecule has 0 saturated carbocycles. The van der Waals surface area contributed by atoms with Crippen LogP contribution in [0.2, 0.25) is 0 Å². The lowest BCUT2D eigenvalue weighted by molar-refractivity contribution is 0.660. The molecule has 1 aliphatic rings. The van der Waals surface area contributed by atoms with Gasteiger partial charge in [0.05, 0.1) is 22.1 Å². The average Bonchev–Trinajstić information content (AvgIpc) is 3.71. The third-order valence-electron chi connectivity index (χ3n) is 10.5. The number of fused-ring (bicyclic) bond motifs is 9. The highest BCUT2D eigenvalue weighted by Gasteiger charge is 2.35. The second kappa shape index (κ2) is 9.57. The average molecular weight is 601 g/mol. The van der Waals surface area contributed by atoms with Gasteiger partial charge in [-0.25, -0.2) is 0 Å². The third kappa shape index (κ3) is 3.67. The van der Waals surface area contributed by atoms with Crippen LogP contribution in [0.5, 0.6) is 0 Å². The first kappa shape index (κ1) is 26.4. The molecule has 222 valence electrons. The molecule has 2 heterocycles. The van der Waals surface area contributed by atoms with Gasteiger partial charge in [-0.3, -0.25) is 0 Å². The summed E-state index contributed by atoms with van der Waals surface area (Å²) >= 11 is 0. The van der Waals surface area contributed by atoms with E-state index in [9.17, 15) is 0 Å². The van der Waals surface area contributed by atoms with Crippen LogP contribution in [0, 0.1) is 0 Å². The highest BCUT2D eigenvalue weighted by atomic mass is 15.0. The van der Waals surface area contributed by atoms with Crippen molar-refractivity contribution in [2.45, 2.75) is 19.3 Å². The summed E-state index contributed by atoms with van der Waals surface area (Å²) in [6.45, 7) is 4.71. The molecule has 1 aliphatic carbocycles. The van der Waals surface area contributed by atoms with Crippen LogP contribution >= 0.6 is 0 Å². The van der Waals surface area contributed by atoms with Crippen molar-refractivity contribution in [3.05, 3.63) is 169 Å². The summed E-state index contributed by atoms with van der Waals surface area (Å²) in [6, 6.07) is 58.1. The maximum Gasteiger partial charge on any atom is 0.0547 e. The molecule has 2 nitrogen and oxygen atoms in total. The Morgan fingerprint density at radius 2 is 0.872 bits per heavy atom. The van der Waals surface area contributed by atoms with Gasteiger partial charge in [-0.2, -0.15) is 0 Å². The van der Waals surface area contributed by atoms with Crippen LogP contribution in [-0.2, 0) is 5.41 Å². The number of aromatic nitrogens is 2. The fourth-order valence-corrected chi connectivity index (χ4v) is 8.27. The lowest BCUT2D eigenvalue weighted by atomic mass is 9.82. The lowest BCUT2D eigenvalue weighted by Crippen LogP contribution is -2.15. The topological polar surface area (TPSA) is 9.86 Å². The van der Waals surface area contributed by atoms with E-state index in [1.54, 1.807) is 0 Å². The first-order chi connectivity index (χ1) is 23.1. The Labute approximate surface area is 273 Å². The van der Waals surface area contributed by atoms with Gasteiger partial charge in [-0.15, -0.1) is 0 Å². The molecule has 0 aliphatic heterocycles. The molecule has 0 fully saturated rings. The van der Waals surface area contributed by atoms with Gasteiger partial charge in [0, 0.05) is 38.3 Å². The number of hydrogen-bond donors (Lipinski definition) is 0. The molecular weight excluding hydrogens is 569 g/mol. The molecule has 7 aromatic carbocycles. The van der Waals surface area contributed by atoms with Crippen LogP contribution in [0.1, 0.15) is 25.0 Å². The van der Waals surface area contributed by atoms with Gasteiger partial charge >= 0.3 is 0 Å². The maximum absolute atomic E-state index is 2.47. The van der Waals surface area contributed by atoms with E-state index in [0.29, 0.717) is 0 Å². The van der Waals surface area contributed by atoms with Crippen molar-refractivity contribution in [3.63, 3.8) is 0 Å². The van der Waals surface area contributed by atoms with Crippen LogP contribution in [0.15, 0.2) is 158 Å². The first-order valence-corrected chi connectivity index (χ1v) is 16.4. The predicted octanol–water partition coefficient (Wildman–Crippen LogP) is 11.9. The smallest absolute Gasteiger partial charge is 0.0547 e. The maximum atomic E-state index is 2.47. The summed E-state index contributed by atoms with van der Waals surface area (Å²) in [6.07, 6.45) is 0. The predicted molar refractivity (Wildman–Crippen MR) is 198 cm³/mol. The van der Waals surface area contributed by atoms with E-state index in [-0.39, 0.29) is 5.41 Å². The van der Waals surface area contributed by atoms with E-state index in [2.05, 4.69) is 181 Å². The molecular formula is C45H32N2. The monoisotopic (exact) mass is 600 g/mol. The molecule has 0 unspecified atom stereocenters. The van der Waals surface area contributed by atoms with E-state index in [1.165, 1.54) is 88.4 Å². The summed E-state index contributed by atoms with van der Waals surface area (Å²) in [5.74, 6) is 0. The second-order valence-electron chi connectivity index (χ2n) is 13.4. The van der Waals surface area contributed by atoms with Gasteiger partial charge in [0.2, 0.25) is 0 Å². The normalized spacial score (nSPS) is 13.5. The zero-order chi connectivity index (χ0) is 31.3. The largest absolute Gasteiger partial charge is 0.309 e. The summed E-state index contributed by atoms with van der Waals surface area (Å²) < 4.78 is 4.86. The van der Waals surface area contributed by atoms with Crippen molar-refractivity contribution in [3.8, 4) is 33.6 Å². The number of nitrogens with zero attached hydrogens (tertiary/aromatic N) is 2. The highest BCUT2D eigenvalue weighted by molar-refractivity contribution is 6.12. The molecule has 0 radical (unpaired) electrons. The Kier molecular flexibility index (Phi) is 5.37. The van der Waals surface area contributed by atoms with Crippen LogP contribution in [0.3, 0.4) is 0 Å². The zero-order valence-corrected chi connectivity index (χ0v) is 26.4. The van der Waals surface area contributed by atoms with E-state index >= 15 is 0 Å². The van der Waals surface area contributed by atoms with Gasteiger partial charge in [0.25, 0.3) is 0 Å². The number of hydrogen-bond acceptors (Lipinski definition) is 0. The van der Waals surface area contributed by atoms with Crippen LogP contribution < -0.4 is 0 Å². The quantitative estimate of drug-likeness (QED) is 0.191. The minimum Gasteiger partial charge on any atom is -0.309 e. The minimum atomic E-state index is -0.0571. The standard InChI is InChI=1S/C45H32N2/c1-45(2)39-17-9-6-14-33(39)34-25-22-32(28-40(34)45)47-42-19-11-8-16-36(42)38-24-21-30(27-44(38)47)29-20-23-37-35-15-7-10-18-41(35)46(43(37)26-29)31-12-4-3-5-13-31/h3-28H,1-2H3. The summed E-state index contributed by atoms with van der Waals surface area (Å²) in [4.78, 5) is 0. The molecule has 10 rings (SSSR count). The van der Waals surface area contributed by atoms with Gasteiger partial charge < -0.3 is 9.13 Å². The van der Waals surface area contributed by atoms with Gasteiger partial charge in [0.1, 0.15) is 0 Å². The Balaban J connectivity index is 1.20. The van der Waals surface area contributed by atoms with Gasteiger partial charge in [0.15, 0.2) is 0 Å². The fraction of sp³-hybridized carbons (Fsp3) is 0.0667. The van der Waals surface area contributed by atoms with E-state index in [0.717, 1.165) is 0 Å². The van der Waals surface area contributed by atoms with Crippen LogP contribution in [0.25, 0.3) is 77.2 Å². The second-order valence-corrected chi connectivity index (χ2v) is 13.4. The van der Waals surface area contributed by atoms with E-state index < -0.39 is 0 Å². The highest BCUT2D eigenvalue weighted by Crippen LogP contribution is 2.49. The SMILES string of the molecule is CC1(C)c2ccccc2-c2ccc(-n3c4ccccc4c4ccc(-c5ccc6c7ccccc7n(-c7ccccc7)c6c5)cc43)cc21. The number of benzene rings is 7. The van der Waals surface area contributed by atoms with Crippen molar-refractivity contribution in [1.82, 2.24) is 9.13 Å². The fourth-order valence-electron chi connectivity index (χ4n) is 8.27. The molecule has 0 bridgehead atoms. The van der Waals surface area contributed by atoms with E-state index in [1.807, 2.05) is 0 Å². The molecule has 0 saturated heterocycles. The van der Waals surface area contributed by atoms with Crippen molar-refractivity contribution in [2.75, 3.05) is 0 Å². The lowest BCUT2D eigenvalue weighted by Gasteiger charge is -2.22. The first-order valence-electron chi connectivity index (χ1n) is 16.4. The zero-order valence-electron chi connectivity index (χ0n) is 26.4. The van der Waals surface area contributed by atoms with Crippen molar-refractivity contribution in [1.29, 1.82) is 0 Å². The number of para-hydroxylation sites is 3. The molecule has 2 heteroatoms. The third-order valence-corrected chi connectivity index (χ3v) is 10.5. The van der Waals surface area contributed by atoms with Crippen LogP contribution in [-0.4, -0.2) is 9.13 Å². The molecule has 0 spiro atoms. The van der Waals surface area contributed by atoms with Crippen molar-refractivity contribution >= 4 is 43.6 Å². The summed E-state index contributed by atoms with van der Waals surface area (Å²) in [5.41, 5.74) is 15.1. The van der Waals surface area contributed by atoms with Crippen molar-refractivity contribution in [2.24, 2.45) is 0 Å². The summed E-state index contributed by atoms with van der Waals surface area (Å²) in [7, 11) is 0. The van der Waals surface area contributed by atoms with Gasteiger partial charge in [-0.05, 0) is 81.9 Å². The number of rotatable bonds is 3. The van der Waals surface area contributed by atoms with Crippen molar-refractivity contribution < 1.29 is 0 Å². The Bertz CT molecular complexity index is 2700.